The van der Waals surface area contributed by atoms with Crippen molar-refractivity contribution in [3.8, 4) is 5.75 Å². The van der Waals surface area contributed by atoms with Crippen LogP contribution in [0.4, 0.5) is 0 Å². The van der Waals surface area contributed by atoms with Crippen LogP contribution in [-0.2, 0) is 16.1 Å². The van der Waals surface area contributed by atoms with Crippen molar-refractivity contribution in [2.24, 2.45) is 5.73 Å². The minimum absolute atomic E-state index is 0.173. The predicted molar refractivity (Wildman–Crippen MR) is 92.9 cm³/mol. The van der Waals surface area contributed by atoms with Crippen molar-refractivity contribution in [2.75, 3.05) is 13.7 Å². The van der Waals surface area contributed by atoms with Crippen LogP contribution in [-0.4, -0.2) is 24.6 Å². The average molecular weight is 324 g/mol. The van der Waals surface area contributed by atoms with Crippen molar-refractivity contribution < 1.29 is 14.3 Å². The number of H-pyrrole nitrogens is 1. The summed E-state index contributed by atoms with van der Waals surface area (Å²) >= 11 is 0. The highest BCUT2D eigenvalue weighted by Crippen LogP contribution is 2.33. The number of esters is 1. The van der Waals surface area contributed by atoms with Crippen molar-refractivity contribution in [1.29, 1.82) is 0 Å². The monoisotopic (exact) mass is 324 g/mol. The van der Waals surface area contributed by atoms with E-state index in [0.29, 0.717) is 6.61 Å². The van der Waals surface area contributed by atoms with Gasteiger partial charge in [-0.2, -0.15) is 0 Å². The molecule has 0 saturated heterocycles. The molecule has 2 aromatic carbocycles. The van der Waals surface area contributed by atoms with Crippen LogP contribution in [0.5, 0.6) is 5.75 Å². The van der Waals surface area contributed by atoms with Crippen molar-refractivity contribution in [1.82, 2.24) is 4.98 Å². The third-order valence-electron chi connectivity index (χ3n) is 4.03. The Morgan fingerprint density at radius 1 is 1.17 bits per heavy atom. The zero-order valence-corrected chi connectivity index (χ0v) is 13.5. The van der Waals surface area contributed by atoms with Gasteiger partial charge < -0.3 is 20.2 Å². The number of hydrogen-bond acceptors (Lipinski definition) is 4. The number of aromatic amines is 1. The molecule has 0 aliphatic rings. The van der Waals surface area contributed by atoms with E-state index < -0.39 is 5.92 Å². The Labute approximate surface area is 140 Å². The zero-order chi connectivity index (χ0) is 16.9. The summed E-state index contributed by atoms with van der Waals surface area (Å²) < 4.78 is 10.9. The fourth-order valence-electron chi connectivity index (χ4n) is 2.80. The lowest BCUT2D eigenvalue weighted by atomic mass is 9.98. The first kappa shape index (κ1) is 16.1. The Hall–Kier alpha value is -2.79. The lowest BCUT2D eigenvalue weighted by Crippen LogP contribution is -2.22. The molecule has 0 aliphatic heterocycles. The van der Waals surface area contributed by atoms with Gasteiger partial charge in [0.2, 0.25) is 0 Å². The molecule has 1 aromatic heterocycles. The van der Waals surface area contributed by atoms with Gasteiger partial charge >= 0.3 is 5.97 Å². The van der Waals surface area contributed by atoms with Crippen LogP contribution in [0.25, 0.3) is 10.9 Å². The second-order valence-electron chi connectivity index (χ2n) is 5.51. The maximum absolute atomic E-state index is 12.0. The van der Waals surface area contributed by atoms with Gasteiger partial charge in [0, 0.05) is 23.6 Å². The van der Waals surface area contributed by atoms with E-state index in [1.165, 1.54) is 7.11 Å². The summed E-state index contributed by atoms with van der Waals surface area (Å²) in [6, 6.07) is 15.7. The topological polar surface area (TPSA) is 77.3 Å². The Balaban J connectivity index is 1.96. The number of carbonyl (C=O) groups excluding carboxylic acids is 1. The molecular formula is C19H20N2O3. The average Bonchev–Trinajstić information content (AvgIpc) is 3.06. The molecule has 1 atom stereocenters. The molecule has 5 heteroatoms. The molecular weight excluding hydrogens is 304 g/mol. The maximum Gasteiger partial charge on any atom is 0.314 e. The first-order chi connectivity index (χ1) is 11.7. The van der Waals surface area contributed by atoms with E-state index in [2.05, 4.69) is 4.98 Å². The predicted octanol–water partition coefficient (Wildman–Crippen LogP) is 2.96. The van der Waals surface area contributed by atoms with Gasteiger partial charge in [-0.3, -0.25) is 4.79 Å². The van der Waals surface area contributed by atoms with Crippen LogP contribution in [0.3, 0.4) is 0 Å². The molecule has 0 aliphatic carbocycles. The summed E-state index contributed by atoms with van der Waals surface area (Å²) in [4.78, 5) is 15.2. The van der Waals surface area contributed by atoms with E-state index in [9.17, 15) is 4.79 Å². The van der Waals surface area contributed by atoms with E-state index in [1.807, 2.05) is 48.5 Å². The Bertz CT molecular complexity index is 827. The molecule has 0 bridgehead atoms. The SMILES string of the molecule is COC(=O)C(CN)c1c[nH]c2cccc(OCc3ccccc3)c12. The number of ether oxygens (including phenoxy) is 2. The fourth-order valence-corrected chi connectivity index (χ4v) is 2.80. The number of methoxy groups -OCH3 is 1. The summed E-state index contributed by atoms with van der Waals surface area (Å²) in [7, 11) is 1.37. The van der Waals surface area contributed by atoms with E-state index in [-0.39, 0.29) is 12.5 Å². The number of aromatic nitrogens is 1. The number of carbonyl (C=O) groups is 1. The van der Waals surface area contributed by atoms with Gasteiger partial charge in [-0.1, -0.05) is 36.4 Å². The van der Waals surface area contributed by atoms with Crippen molar-refractivity contribution in [3.63, 3.8) is 0 Å². The number of fused-ring (bicyclic) bond motifs is 1. The first-order valence-corrected chi connectivity index (χ1v) is 7.79. The first-order valence-electron chi connectivity index (χ1n) is 7.79. The van der Waals surface area contributed by atoms with E-state index >= 15 is 0 Å². The number of nitrogens with two attached hydrogens (primary N) is 1. The second-order valence-corrected chi connectivity index (χ2v) is 5.51. The normalized spacial score (nSPS) is 12.1. The van der Waals surface area contributed by atoms with Gasteiger partial charge in [-0.15, -0.1) is 0 Å². The molecule has 3 rings (SSSR count). The van der Waals surface area contributed by atoms with Crippen molar-refractivity contribution in [3.05, 3.63) is 65.9 Å². The van der Waals surface area contributed by atoms with Gasteiger partial charge in [-0.05, 0) is 23.3 Å². The van der Waals surface area contributed by atoms with E-state index in [0.717, 1.165) is 27.8 Å². The van der Waals surface area contributed by atoms with Crippen molar-refractivity contribution >= 4 is 16.9 Å². The lowest BCUT2D eigenvalue weighted by Gasteiger charge is -2.14. The summed E-state index contributed by atoms with van der Waals surface area (Å²) in [5.41, 5.74) is 8.56. The number of hydrogen-bond donors (Lipinski definition) is 2. The van der Waals surface area contributed by atoms with Crippen LogP contribution < -0.4 is 10.5 Å². The minimum atomic E-state index is -0.523. The standard InChI is InChI=1S/C19H20N2O3/c1-23-19(22)14(10-20)15-11-21-16-8-5-9-17(18(15)16)24-12-13-6-3-2-4-7-13/h2-9,11,14,21H,10,12,20H2,1H3. The molecule has 0 saturated carbocycles. The summed E-state index contributed by atoms with van der Waals surface area (Å²) in [6.45, 7) is 0.628. The Morgan fingerprint density at radius 2 is 1.96 bits per heavy atom. The quantitative estimate of drug-likeness (QED) is 0.683. The van der Waals surface area contributed by atoms with Crippen LogP contribution in [0.1, 0.15) is 17.0 Å². The van der Waals surface area contributed by atoms with Gasteiger partial charge in [0.15, 0.2) is 0 Å². The zero-order valence-electron chi connectivity index (χ0n) is 13.5. The van der Waals surface area contributed by atoms with Crippen molar-refractivity contribution in [2.45, 2.75) is 12.5 Å². The molecule has 24 heavy (non-hydrogen) atoms. The molecule has 0 amide bonds. The van der Waals surface area contributed by atoms with Crippen LogP contribution in [0.15, 0.2) is 54.7 Å². The molecule has 3 aromatic rings. The molecule has 3 N–H and O–H groups in total. The Kier molecular flexibility index (Phi) is 4.82. The highest BCUT2D eigenvalue weighted by molar-refractivity contribution is 5.94. The lowest BCUT2D eigenvalue weighted by molar-refractivity contribution is -0.142. The molecule has 5 nitrogen and oxygen atoms in total. The largest absolute Gasteiger partial charge is 0.488 e. The minimum Gasteiger partial charge on any atom is -0.488 e. The summed E-state index contributed by atoms with van der Waals surface area (Å²) in [6.07, 6.45) is 1.80. The third kappa shape index (κ3) is 3.12. The van der Waals surface area contributed by atoms with E-state index in [1.54, 1.807) is 6.20 Å². The van der Waals surface area contributed by atoms with E-state index in [4.69, 9.17) is 15.2 Å². The second kappa shape index (κ2) is 7.19. The molecule has 0 fully saturated rings. The number of benzene rings is 2. The maximum atomic E-state index is 12.0. The number of nitrogens with one attached hydrogen (secondary N) is 1. The molecule has 1 heterocycles. The molecule has 1 unspecified atom stereocenters. The Morgan fingerprint density at radius 3 is 2.67 bits per heavy atom. The van der Waals surface area contributed by atoms with Crippen LogP contribution in [0, 0.1) is 0 Å². The molecule has 0 spiro atoms. The number of rotatable bonds is 6. The van der Waals surface area contributed by atoms with Gasteiger partial charge in [0.05, 0.1) is 13.0 Å². The third-order valence-corrected chi connectivity index (χ3v) is 4.03. The summed E-state index contributed by atoms with van der Waals surface area (Å²) in [5.74, 6) is -0.156. The van der Waals surface area contributed by atoms with Gasteiger partial charge in [-0.25, -0.2) is 0 Å². The summed E-state index contributed by atoms with van der Waals surface area (Å²) in [5, 5.41) is 0.870. The fraction of sp³-hybridized carbons (Fsp3) is 0.211. The molecule has 124 valence electrons. The van der Waals surface area contributed by atoms with Gasteiger partial charge in [0.25, 0.3) is 0 Å². The van der Waals surface area contributed by atoms with Crippen LogP contribution >= 0.6 is 0 Å². The highest BCUT2D eigenvalue weighted by atomic mass is 16.5. The van der Waals surface area contributed by atoms with Gasteiger partial charge in [0.1, 0.15) is 12.4 Å². The smallest absolute Gasteiger partial charge is 0.314 e. The molecule has 0 radical (unpaired) electrons. The highest BCUT2D eigenvalue weighted by Gasteiger charge is 2.24. The van der Waals surface area contributed by atoms with Crippen LogP contribution in [0.2, 0.25) is 0 Å².